The molecule has 0 saturated carbocycles. The zero-order chi connectivity index (χ0) is 14.6. The number of carboxylic acid groups (broad SMARTS) is 1. The Morgan fingerprint density at radius 2 is 1.84 bits per heavy atom. The van der Waals surface area contributed by atoms with Crippen LogP contribution in [-0.2, 0) is 11.3 Å². The lowest BCUT2D eigenvalue weighted by molar-refractivity contribution is -0.146. The lowest BCUT2D eigenvalue weighted by Gasteiger charge is -2.31. The zero-order valence-corrected chi connectivity index (χ0v) is 12.7. The summed E-state index contributed by atoms with van der Waals surface area (Å²) in [7, 11) is 1.46. The monoisotopic (exact) mass is 328 g/mol. The topological polar surface area (TPSA) is 69.6 Å². The summed E-state index contributed by atoms with van der Waals surface area (Å²) in [5, 5.41) is 11.7. The molecule has 0 heterocycles. The van der Waals surface area contributed by atoms with Gasteiger partial charge in [-0.15, -0.1) is 0 Å². The average Bonchev–Trinajstić information content (AvgIpc) is 2.36. The number of benzene rings is 1. The van der Waals surface area contributed by atoms with Crippen molar-refractivity contribution in [2.45, 2.75) is 25.9 Å². The third kappa shape index (κ3) is 3.96. The third-order valence-corrected chi connectivity index (χ3v) is 3.55. The van der Waals surface area contributed by atoms with E-state index in [1.165, 1.54) is 25.8 Å². The van der Waals surface area contributed by atoms with Crippen molar-refractivity contribution >= 4 is 27.9 Å². The first kappa shape index (κ1) is 15.5. The molecule has 5 nitrogen and oxygen atoms in total. The molecule has 2 N–H and O–H groups in total. The highest BCUT2D eigenvalue weighted by atomic mass is 79.9. The Hall–Kier alpha value is -1.56. The van der Waals surface area contributed by atoms with Crippen LogP contribution in [0.4, 0.5) is 4.79 Å². The second kappa shape index (κ2) is 6.06. The number of carbonyl (C=O) groups excluding carboxylic acids is 1. The normalized spacial score (nSPS) is 10.9. The first-order valence-electron chi connectivity index (χ1n) is 5.74. The number of nitrogens with one attached hydrogen (secondary N) is 1. The molecule has 6 heteroatoms. The van der Waals surface area contributed by atoms with E-state index in [2.05, 4.69) is 21.2 Å². The van der Waals surface area contributed by atoms with Crippen LogP contribution < -0.4 is 5.32 Å². The van der Waals surface area contributed by atoms with E-state index in [1.807, 2.05) is 24.3 Å². The van der Waals surface area contributed by atoms with E-state index >= 15 is 0 Å². The maximum Gasteiger partial charge on any atom is 0.329 e. The standard InChI is InChI=1S/C13H17BrN2O3/c1-13(2,11(17)18)16(3)12(19)15-8-9-4-6-10(14)7-5-9/h4-7H,8H2,1-3H3,(H,15,19)(H,17,18). The summed E-state index contributed by atoms with van der Waals surface area (Å²) < 4.78 is 0.965. The van der Waals surface area contributed by atoms with Gasteiger partial charge < -0.3 is 15.3 Å². The van der Waals surface area contributed by atoms with Gasteiger partial charge in [-0.3, -0.25) is 0 Å². The summed E-state index contributed by atoms with van der Waals surface area (Å²) in [6, 6.07) is 7.10. The molecular weight excluding hydrogens is 312 g/mol. The van der Waals surface area contributed by atoms with E-state index < -0.39 is 17.5 Å². The number of carbonyl (C=O) groups is 2. The lowest BCUT2D eigenvalue weighted by Crippen LogP contribution is -2.53. The van der Waals surface area contributed by atoms with Gasteiger partial charge in [0.05, 0.1) is 0 Å². The number of hydrogen-bond donors (Lipinski definition) is 2. The largest absolute Gasteiger partial charge is 0.480 e. The molecule has 0 atom stereocenters. The van der Waals surface area contributed by atoms with Crippen LogP contribution in [0.5, 0.6) is 0 Å². The van der Waals surface area contributed by atoms with E-state index in [1.54, 1.807) is 0 Å². The Kier molecular flexibility index (Phi) is 4.94. The van der Waals surface area contributed by atoms with Crippen LogP contribution >= 0.6 is 15.9 Å². The first-order chi connectivity index (χ1) is 8.75. The number of carboxylic acids is 1. The van der Waals surface area contributed by atoms with Gasteiger partial charge in [0.15, 0.2) is 0 Å². The van der Waals surface area contributed by atoms with Crippen molar-refractivity contribution < 1.29 is 14.7 Å². The van der Waals surface area contributed by atoms with E-state index in [0.29, 0.717) is 6.54 Å². The summed E-state index contributed by atoms with van der Waals surface area (Å²) in [4.78, 5) is 24.1. The van der Waals surface area contributed by atoms with Crippen molar-refractivity contribution in [2.24, 2.45) is 0 Å². The maximum absolute atomic E-state index is 11.9. The van der Waals surface area contributed by atoms with Gasteiger partial charge in [0.1, 0.15) is 5.54 Å². The van der Waals surface area contributed by atoms with Crippen molar-refractivity contribution in [3.05, 3.63) is 34.3 Å². The molecule has 19 heavy (non-hydrogen) atoms. The smallest absolute Gasteiger partial charge is 0.329 e. The van der Waals surface area contributed by atoms with Gasteiger partial charge in [-0.2, -0.15) is 0 Å². The molecule has 0 spiro atoms. The number of urea groups is 1. The number of hydrogen-bond acceptors (Lipinski definition) is 2. The molecule has 1 aromatic carbocycles. The van der Waals surface area contributed by atoms with Crippen LogP contribution in [0.15, 0.2) is 28.7 Å². The van der Waals surface area contributed by atoms with Crippen LogP contribution in [0.1, 0.15) is 19.4 Å². The highest BCUT2D eigenvalue weighted by molar-refractivity contribution is 9.10. The highest BCUT2D eigenvalue weighted by Crippen LogP contribution is 2.13. The van der Waals surface area contributed by atoms with Crippen molar-refractivity contribution in [1.29, 1.82) is 0 Å². The van der Waals surface area contributed by atoms with Gasteiger partial charge in [-0.25, -0.2) is 9.59 Å². The number of rotatable bonds is 4. The number of likely N-dealkylation sites (N-methyl/N-ethyl adjacent to an activating group) is 1. The second-order valence-electron chi connectivity index (χ2n) is 4.71. The molecule has 104 valence electrons. The number of halogens is 1. The summed E-state index contributed by atoms with van der Waals surface area (Å²) in [5.41, 5.74) is -0.304. The van der Waals surface area contributed by atoms with Crippen molar-refractivity contribution in [1.82, 2.24) is 10.2 Å². The fourth-order valence-electron chi connectivity index (χ4n) is 1.30. The molecule has 0 aliphatic heterocycles. The molecular formula is C13H17BrN2O3. The van der Waals surface area contributed by atoms with E-state index in [0.717, 1.165) is 10.0 Å². The minimum absolute atomic E-state index is 0.353. The zero-order valence-electron chi connectivity index (χ0n) is 11.1. The van der Waals surface area contributed by atoms with Gasteiger partial charge in [0, 0.05) is 18.1 Å². The molecule has 0 saturated heterocycles. The van der Waals surface area contributed by atoms with Gasteiger partial charge in [-0.1, -0.05) is 28.1 Å². The molecule has 0 radical (unpaired) electrons. The number of aliphatic carboxylic acids is 1. The van der Waals surface area contributed by atoms with Gasteiger partial charge in [0.2, 0.25) is 0 Å². The second-order valence-corrected chi connectivity index (χ2v) is 5.62. The minimum Gasteiger partial charge on any atom is -0.480 e. The summed E-state index contributed by atoms with van der Waals surface area (Å²) in [6.07, 6.45) is 0. The minimum atomic E-state index is -1.25. The van der Waals surface area contributed by atoms with Gasteiger partial charge >= 0.3 is 12.0 Å². The molecule has 0 aliphatic carbocycles. The molecule has 0 unspecified atom stereocenters. The Morgan fingerprint density at radius 3 is 2.32 bits per heavy atom. The first-order valence-corrected chi connectivity index (χ1v) is 6.54. The summed E-state index contributed by atoms with van der Waals surface area (Å²) in [5.74, 6) is -1.05. The van der Waals surface area contributed by atoms with Crippen LogP contribution in [0.2, 0.25) is 0 Å². The lowest BCUT2D eigenvalue weighted by atomic mass is 10.1. The van der Waals surface area contributed by atoms with Crippen LogP contribution in [0.3, 0.4) is 0 Å². The SMILES string of the molecule is CN(C(=O)NCc1ccc(Br)cc1)C(C)(C)C(=O)O. The number of nitrogens with zero attached hydrogens (tertiary/aromatic N) is 1. The highest BCUT2D eigenvalue weighted by Gasteiger charge is 2.35. The van der Waals surface area contributed by atoms with Crippen molar-refractivity contribution in [3.63, 3.8) is 0 Å². The average molecular weight is 329 g/mol. The van der Waals surface area contributed by atoms with Crippen molar-refractivity contribution in [2.75, 3.05) is 7.05 Å². The molecule has 2 amide bonds. The molecule has 1 rings (SSSR count). The summed E-state index contributed by atoms with van der Waals surface area (Å²) >= 11 is 3.33. The molecule has 0 aromatic heterocycles. The fourth-order valence-corrected chi connectivity index (χ4v) is 1.56. The van der Waals surface area contributed by atoms with Gasteiger partial charge in [0.25, 0.3) is 0 Å². The van der Waals surface area contributed by atoms with E-state index in [4.69, 9.17) is 5.11 Å². The van der Waals surface area contributed by atoms with Crippen molar-refractivity contribution in [3.8, 4) is 0 Å². The van der Waals surface area contributed by atoms with Crippen LogP contribution in [0, 0.1) is 0 Å². The predicted octanol–water partition coefficient (Wildman–Crippen LogP) is 2.45. The Balaban J connectivity index is 2.61. The maximum atomic E-state index is 11.9. The molecule has 0 fully saturated rings. The summed E-state index contributed by atoms with van der Waals surface area (Å²) in [6.45, 7) is 3.31. The van der Waals surface area contributed by atoms with Gasteiger partial charge in [-0.05, 0) is 31.5 Å². The fraction of sp³-hybridized carbons (Fsp3) is 0.385. The van der Waals surface area contributed by atoms with E-state index in [-0.39, 0.29) is 0 Å². The van der Waals surface area contributed by atoms with E-state index in [9.17, 15) is 9.59 Å². The molecule has 0 aliphatic rings. The Bertz CT molecular complexity index is 471. The van der Waals surface area contributed by atoms with Crippen LogP contribution in [0.25, 0.3) is 0 Å². The molecule has 0 bridgehead atoms. The van der Waals surface area contributed by atoms with Crippen LogP contribution in [-0.4, -0.2) is 34.6 Å². The predicted molar refractivity (Wildman–Crippen MR) is 75.9 cm³/mol. The Labute approximate surface area is 120 Å². The quantitative estimate of drug-likeness (QED) is 0.891. The molecule has 1 aromatic rings. The number of amides is 2. The Morgan fingerprint density at radius 1 is 1.32 bits per heavy atom. The third-order valence-electron chi connectivity index (χ3n) is 3.02.